The monoisotopic (exact) mass is 126 g/mol. The molecule has 4 heteroatoms. The number of quaternary nitrogens is 1. The van der Waals surface area contributed by atoms with Crippen LogP contribution in [-0.2, 0) is 0 Å². The Labute approximate surface area is 52.1 Å². The van der Waals surface area contributed by atoms with Gasteiger partial charge in [0, 0.05) is 0 Å². The number of hydroxylamine groups is 2. The summed E-state index contributed by atoms with van der Waals surface area (Å²) in [6, 6.07) is 0. The standard InChI is InChI=1S/C5H6N2O2/c8-7(9)5-3-1-2-4-6-7/h1-5,8H. The van der Waals surface area contributed by atoms with E-state index in [0.29, 0.717) is 0 Å². The molecular weight excluding hydrogens is 120 g/mol. The molecule has 0 amide bonds. The summed E-state index contributed by atoms with van der Waals surface area (Å²) in [7, 11) is 0. The summed E-state index contributed by atoms with van der Waals surface area (Å²) in [4.78, 5) is -1.67. The minimum Gasteiger partial charge on any atom is -0.566 e. The highest BCUT2D eigenvalue weighted by molar-refractivity contribution is 5.71. The second-order valence-corrected chi connectivity index (χ2v) is 1.58. The fraction of sp³-hybridized carbons (Fsp3) is 0. The summed E-state index contributed by atoms with van der Waals surface area (Å²) in [5, 5.41) is 22.3. The fourth-order valence-corrected chi connectivity index (χ4v) is 0.448. The van der Waals surface area contributed by atoms with Gasteiger partial charge < -0.3 is 5.21 Å². The van der Waals surface area contributed by atoms with Crippen molar-refractivity contribution < 1.29 is 10.1 Å². The molecule has 0 aromatic rings. The van der Waals surface area contributed by atoms with Crippen molar-refractivity contribution in [3.8, 4) is 0 Å². The topological polar surface area (TPSA) is 55.6 Å². The van der Waals surface area contributed by atoms with Gasteiger partial charge in [0.05, 0.1) is 6.21 Å². The average Bonchev–Trinajstić information content (AvgIpc) is 1.92. The molecule has 48 valence electrons. The molecule has 1 aliphatic heterocycles. The Morgan fingerprint density at radius 1 is 1.33 bits per heavy atom. The predicted molar refractivity (Wildman–Crippen MR) is 32.2 cm³/mol. The highest BCUT2D eigenvalue weighted by Gasteiger charge is 2.04. The molecule has 1 heterocycles. The van der Waals surface area contributed by atoms with Gasteiger partial charge in [-0.2, -0.15) is 5.21 Å². The van der Waals surface area contributed by atoms with Gasteiger partial charge in [-0.15, -0.1) is 0 Å². The zero-order valence-corrected chi connectivity index (χ0v) is 4.64. The van der Waals surface area contributed by atoms with Crippen molar-refractivity contribution in [3.05, 3.63) is 29.6 Å². The lowest BCUT2D eigenvalue weighted by Crippen LogP contribution is -2.23. The summed E-state index contributed by atoms with van der Waals surface area (Å²) in [5.41, 5.74) is 0. The minimum atomic E-state index is -1.67. The van der Waals surface area contributed by atoms with Gasteiger partial charge in [0.15, 0.2) is 6.20 Å². The summed E-state index contributed by atoms with van der Waals surface area (Å²) >= 11 is 0. The molecule has 1 N–H and O–H groups in total. The van der Waals surface area contributed by atoms with E-state index in [9.17, 15) is 5.21 Å². The van der Waals surface area contributed by atoms with Crippen molar-refractivity contribution in [2.24, 2.45) is 5.10 Å². The largest absolute Gasteiger partial charge is 0.566 e. The van der Waals surface area contributed by atoms with Crippen molar-refractivity contribution in [3.63, 3.8) is 0 Å². The van der Waals surface area contributed by atoms with E-state index >= 15 is 0 Å². The molecule has 0 aromatic heterocycles. The van der Waals surface area contributed by atoms with Crippen LogP contribution in [0.25, 0.3) is 0 Å². The first-order valence-corrected chi connectivity index (χ1v) is 2.43. The molecule has 9 heavy (non-hydrogen) atoms. The normalized spacial score (nSPS) is 32.7. The zero-order chi connectivity index (χ0) is 6.74. The quantitative estimate of drug-likeness (QED) is 0.384. The van der Waals surface area contributed by atoms with E-state index < -0.39 is 4.92 Å². The number of nitrogens with zero attached hydrogens (tertiary/aromatic N) is 2. The molecule has 0 saturated carbocycles. The molecular formula is C5H6N2O2. The first-order chi connectivity index (χ1) is 4.21. The van der Waals surface area contributed by atoms with E-state index in [0.717, 1.165) is 6.20 Å². The Morgan fingerprint density at radius 3 is 2.89 bits per heavy atom. The third-order valence-corrected chi connectivity index (χ3v) is 0.821. The van der Waals surface area contributed by atoms with Crippen LogP contribution < -0.4 is 0 Å². The van der Waals surface area contributed by atoms with Gasteiger partial charge in [-0.3, -0.25) is 0 Å². The Bertz CT molecular complexity index is 163. The maximum Gasteiger partial charge on any atom is 0.157 e. The third-order valence-electron chi connectivity index (χ3n) is 0.821. The van der Waals surface area contributed by atoms with Crippen molar-refractivity contribution in [2.75, 3.05) is 0 Å². The smallest absolute Gasteiger partial charge is 0.157 e. The van der Waals surface area contributed by atoms with Crippen LogP contribution in [0.3, 0.4) is 0 Å². The van der Waals surface area contributed by atoms with Crippen LogP contribution in [0.15, 0.2) is 29.5 Å². The molecule has 1 rings (SSSR count). The molecule has 0 fully saturated rings. The van der Waals surface area contributed by atoms with E-state index in [1.165, 1.54) is 12.3 Å². The molecule has 0 bridgehead atoms. The van der Waals surface area contributed by atoms with Gasteiger partial charge in [-0.25, -0.2) is 0 Å². The summed E-state index contributed by atoms with van der Waals surface area (Å²) in [5.74, 6) is 0. The van der Waals surface area contributed by atoms with Gasteiger partial charge in [0.2, 0.25) is 0 Å². The van der Waals surface area contributed by atoms with E-state index in [2.05, 4.69) is 5.10 Å². The second-order valence-electron chi connectivity index (χ2n) is 1.58. The first kappa shape index (κ1) is 6.15. The van der Waals surface area contributed by atoms with Gasteiger partial charge in [-0.05, 0) is 17.3 Å². The van der Waals surface area contributed by atoms with Crippen molar-refractivity contribution >= 4 is 6.21 Å². The third kappa shape index (κ3) is 1.77. The minimum absolute atomic E-state index is 1.01. The van der Waals surface area contributed by atoms with Gasteiger partial charge in [0.1, 0.15) is 0 Å². The maximum absolute atomic E-state index is 10.5. The molecule has 4 nitrogen and oxygen atoms in total. The fourth-order valence-electron chi connectivity index (χ4n) is 0.448. The number of hydrogen-bond acceptors (Lipinski definition) is 3. The lowest BCUT2D eigenvalue weighted by Gasteiger charge is -2.19. The van der Waals surface area contributed by atoms with Crippen LogP contribution in [0.4, 0.5) is 0 Å². The van der Waals surface area contributed by atoms with Crippen LogP contribution in [0.1, 0.15) is 0 Å². The molecule has 1 aliphatic rings. The first-order valence-electron chi connectivity index (χ1n) is 2.43. The van der Waals surface area contributed by atoms with E-state index in [4.69, 9.17) is 5.21 Å². The SMILES string of the molecule is [O-][N+]1(O)C=CC=CC=N1. The molecule has 0 aliphatic carbocycles. The highest BCUT2D eigenvalue weighted by atomic mass is 16.9. The van der Waals surface area contributed by atoms with Crippen LogP contribution in [-0.4, -0.2) is 16.3 Å². The predicted octanol–water partition coefficient (Wildman–Crippen LogP) is 0.759. The zero-order valence-electron chi connectivity index (χ0n) is 4.64. The van der Waals surface area contributed by atoms with Gasteiger partial charge >= 0.3 is 0 Å². The maximum atomic E-state index is 10.5. The Hall–Kier alpha value is -0.970. The second kappa shape index (κ2) is 2.10. The van der Waals surface area contributed by atoms with Crippen LogP contribution in [0.2, 0.25) is 0 Å². The van der Waals surface area contributed by atoms with E-state index in [-0.39, 0.29) is 0 Å². The summed E-state index contributed by atoms with van der Waals surface area (Å²) < 4.78 is 0. The lowest BCUT2D eigenvalue weighted by molar-refractivity contribution is -1.03. The summed E-state index contributed by atoms with van der Waals surface area (Å²) in [6.07, 6.45) is 6.86. The molecule has 0 aromatic carbocycles. The number of hydrogen-bond donors (Lipinski definition) is 1. The molecule has 1 unspecified atom stereocenters. The van der Waals surface area contributed by atoms with E-state index in [1.807, 2.05) is 0 Å². The van der Waals surface area contributed by atoms with Crippen LogP contribution in [0.5, 0.6) is 0 Å². The highest BCUT2D eigenvalue weighted by Crippen LogP contribution is 2.02. The molecule has 1 atom stereocenters. The van der Waals surface area contributed by atoms with Crippen molar-refractivity contribution in [1.29, 1.82) is 0 Å². The molecule has 0 saturated heterocycles. The average molecular weight is 126 g/mol. The van der Waals surface area contributed by atoms with E-state index in [1.54, 1.807) is 12.2 Å². The van der Waals surface area contributed by atoms with Crippen molar-refractivity contribution in [2.45, 2.75) is 0 Å². The molecule has 0 spiro atoms. The Morgan fingerprint density at radius 2 is 2.11 bits per heavy atom. The number of allylic oxidation sites excluding steroid dienone is 3. The lowest BCUT2D eigenvalue weighted by atomic mass is 10.5. The van der Waals surface area contributed by atoms with Crippen LogP contribution in [0, 0.1) is 5.21 Å². The molecule has 0 radical (unpaired) electrons. The summed E-state index contributed by atoms with van der Waals surface area (Å²) in [6.45, 7) is 0. The van der Waals surface area contributed by atoms with Gasteiger partial charge in [0.25, 0.3) is 0 Å². The van der Waals surface area contributed by atoms with Gasteiger partial charge in [-0.1, -0.05) is 11.0 Å². The Balaban J connectivity index is 2.82. The number of rotatable bonds is 0. The Kier molecular flexibility index (Phi) is 1.44. The van der Waals surface area contributed by atoms with Crippen molar-refractivity contribution in [1.82, 2.24) is 0 Å². The van der Waals surface area contributed by atoms with Crippen LogP contribution >= 0.6 is 0 Å².